The van der Waals surface area contributed by atoms with E-state index >= 15 is 0 Å². The molecule has 2 aromatic rings. The fourth-order valence-electron chi connectivity index (χ4n) is 1.22. The molecule has 3 heteroatoms. The van der Waals surface area contributed by atoms with Crippen molar-refractivity contribution in [2.75, 3.05) is 0 Å². The van der Waals surface area contributed by atoms with Crippen molar-refractivity contribution in [3.63, 3.8) is 0 Å². The smallest absolute Gasteiger partial charge is 0.363 e. The van der Waals surface area contributed by atoms with E-state index in [2.05, 4.69) is 0 Å². The molecule has 1 unspecified atom stereocenters. The third-order valence-corrected chi connectivity index (χ3v) is 2.52. The van der Waals surface area contributed by atoms with E-state index in [-0.39, 0.29) is 0 Å². The molecule has 2 nitrogen and oxygen atoms in total. The summed E-state index contributed by atoms with van der Waals surface area (Å²) in [6, 6.07) is 16.8. The van der Waals surface area contributed by atoms with Gasteiger partial charge in [0.15, 0.2) is 5.30 Å². The quantitative estimate of drug-likeness (QED) is 0.738. The van der Waals surface area contributed by atoms with Gasteiger partial charge in [-0.3, -0.25) is 0 Å². The largest absolute Gasteiger partial charge is 0.457 e. The van der Waals surface area contributed by atoms with E-state index in [4.69, 9.17) is 4.74 Å². The van der Waals surface area contributed by atoms with Crippen LogP contribution in [0.1, 0.15) is 0 Å². The minimum absolute atomic E-state index is 0.411. The molecule has 0 saturated heterocycles. The molecule has 2 rings (SSSR count). The van der Waals surface area contributed by atoms with Gasteiger partial charge in [0, 0.05) is 0 Å². The lowest BCUT2D eigenvalue weighted by Gasteiger charge is -2.03. The second kappa shape index (κ2) is 4.72. The van der Waals surface area contributed by atoms with Gasteiger partial charge in [0.1, 0.15) is 11.5 Å². The topological polar surface area (TPSA) is 26.3 Å². The van der Waals surface area contributed by atoms with Gasteiger partial charge in [-0.15, -0.1) is 0 Å². The maximum absolute atomic E-state index is 10.6. The van der Waals surface area contributed by atoms with Crippen molar-refractivity contribution in [1.82, 2.24) is 0 Å². The lowest BCUT2D eigenvalue weighted by atomic mass is 10.3. The average molecular weight is 217 g/mol. The van der Waals surface area contributed by atoms with Crippen LogP contribution >= 0.6 is 8.46 Å². The van der Waals surface area contributed by atoms with Crippen LogP contribution < -0.4 is 10.0 Å². The fourth-order valence-corrected chi connectivity index (χ4v) is 1.52. The lowest BCUT2D eigenvalue weighted by molar-refractivity contribution is 0.483. The maximum Gasteiger partial charge on any atom is 0.363 e. The molecule has 0 spiro atoms. The van der Waals surface area contributed by atoms with Crippen LogP contribution in [0.2, 0.25) is 0 Å². The van der Waals surface area contributed by atoms with Crippen molar-refractivity contribution in [3.05, 3.63) is 54.6 Å². The predicted molar refractivity (Wildman–Crippen MR) is 61.6 cm³/mol. The Hall–Kier alpha value is -1.66. The third-order valence-electron chi connectivity index (χ3n) is 1.95. The minimum atomic E-state index is -0.411. The first-order valence-corrected chi connectivity index (χ1v) is 5.50. The lowest BCUT2D eigenvalue weighted by Crippen LogP contribution is -1.90. The molecule has 15 heavy (non-hydrogen) atoms. The van der Waals surface area contributed by atoms with Crippen LogP contribution in [0.4, 0.5) is 0 Å². The summed E-state index contributed by atoms with van der Waals surface area (Å²) in [6.07, 6.45) is 0. The number of para-hydroxylation sites is 1. The van der Waals surface area contributed by atoms with Gasteiger partial charge >= 0.3 is 8.46 Å². The van der Waals surface area contributed by atoms with Gasteiger partial charge in [0.05, 0.1) is 0 Å². The van der Waals surface area contributed by atoms with Crippen molar-refractivity contribution in [2.24, 2.45) is 0 Å². The molecular formula is C12H10O2P+. The summed E-state index contributed by atoms with van der Waals surface area (Å²) < 4.78 is 16.2. The Morgan fingerprint density at radius 3 is 2.00 bits per heavy atom. The minimum Gasteiger partial charge on any atom is -0.457 e. The summed E-state index contributed by atoms with van der Waals surface area (Å²) in [6.45, 7) is 0. The number of hydrogen-bond donors (Lipinski definition) is 0. The molecule has 0 amide bonds. The Morgan fingerprint density at radius 2 is 1.40 bits per heavy atom. The van der Waals surface area contributed by atoms with Gasteiger partial charge in [-0.2, -0.15) is 0 Å². The van der Waals surface area contributed by atoms with Crippen LogP contribution in [0.3, 0.4) is 0 Å². The first kappa shape index (κ1) is 9.88. The predicted octanol–water partition coefficient (Wildman–Crippen LogP) is 3.13. The number of ether oxygens (including phenoxy) is 1. The maximum atomic E-state index is 10.6. The summed E-state index contributed by atoms with van der Waals surface area (Å²) in [5, 5.41) is 0.801. The number of hydrogen-bond acceptors (Lipinski definition) is 2. The fraction of sp³-hybridized carbons (Fsp3) is 0. The van der Waals surface area contributed by atoms with E-state index in [1.54, 1.807) is 12.1 Å². The van der Waals surface area contributed by atoms with Crippen LogP contribution in [0, 0.1) is 0 Å². The van der Waals surface area contributed by atoms with Gasteiger partial charge < -0.3 is 4.74 Å². The van der Waals surface area contributed by atoms with Crippen molar-refractivity contribution in [3.8, 4) is 11.5 Å². The molecule has 0 heterocycles. The van der Waals surface area contributed by atoms with E-state index in [1.165, 1.54) is 0 Å². The molecule has 0 aliphatic carbocycles. The summed E-state index contributed by atoms with van der Waals surface area (Å²) in [5.74, 6) is 1.55. The monoisotopic (exact) mass is 217 g/mol. The van der Waals surface area contributed by atoms with Crippen molar-refractivity contribution < 1.29 is 9.30 Å². The summed E-state index contributed by atoms with van der Waals surface area (Å²) in [4.78, 5) is 0. The van der Waals surface area contributed by atoms with E-state index in [0.717, 1.165) is 16.8 Å². The van der Waals surface area contributed by atoms with Crippen LogP contribution in [-0.2, 0) is 4.57 Å². The van der Waals surface area contributed by atoms with E-state index < -0.39 is 8.46 Å². The van der Waals surface area contributed by atoms with E-state index in [9.17, 15) is 4.57 Å². The highest BCUT2D eigenvalue weighted by Crippen LogP contribution is 2.19. The van der Waals surface area contributed by atoms with Crippen LogP contribution in [0.25, 0.3) is 0 Å². The first-order valence-electron chi connectivity index (χ1n) is 4.59. The summed E-state index contributed by atoms with van der Waals surface area (Å²) >= 11 is 0. The number of benzene rings is 2. The summed E-state index contributed by atoms with van der Waals surface area (Å²) in [7, 11) is -0.411. The van der Waals surface area contributed by atoms with Gasteiger partial charge in [-0.05, 0) is 36.4 Å². The molecule has 0 bridgehead atoms. The number of rotatable bonds is 3. The molecule has 0 saturated carbocycles. The van der Waals surface area contributed by atoms with Gasteiger partial charge in [-0.25, -0.2) is 0 Å². The molecule has 0 N–H and O–H groups in total. The molecule has 0 aliphatic rings. The van der Waals surface area contributed by atoms with Gasteiger partial charge in [0.2, 0.25) is 0 Å². The standard InChI is InChI=1S/C12H9O2P/c13-15-12-8-6-11(7-9-12)14-10-4-2-1-3-5-10/h1-9H/p+1. The van der Waals surface area contributed by atoms with Crippen molar-refractivity contribution >= 4 is 13.8 Å². The zero-order valence-electron chi connectivity index (χ0n) is 8.01. The van der Waals surface area contributed by atoms with E-state index in [0.29, 0.717) is 0 Å². The Morgan fingerprint density at radius 1 is 0.800 bits per heavy atom. The SMILES string of the molecule is O=[PH+]c1ccc(Oc2ccccc2)cc1. The van der Waals surface area contributed by atoms with Crippen LogP contribution in [-0.4, -0.2) is 0 Å². The zero-order chi connectivity index (χ0) is 10.5. The second-order valence-electron chi connectivity index (χ2n) is 3.04. The van der Waals surface area contributed by atoms with Crippen molar-refractivity contribution in [2.45, 2.75) is 0 Å². The Kier molecular flexibility index (Phi) is 3.11. The molecule has 74 valence electrons. The van der Waals surface area contributed by atoms with Crippen molar-refractivity contribution in [1.29, 1.82) is 0 Å². The third kappa shape index (κ3) is 2.64. The second-order valence-corrected chi connectivity index (χ2v) is 3.82. The van der Waals surface area contributed by atoms with Gasteiger partial charge in [0.25, 0.3) is 0 Å². The molecule has 0 aliphatic heterocycles. The Balaban J connectivity index is 2.15. The first-order chi connectivity index (χ1) is 7.38. The Bertz CT molecular complexity index is 437. The molecule has 0 radical (unpaired) electrons. The Labute approximate surface area is 89.7 Å². The highest BCUT2D eigenvalue weighted by molar-refractivity contribution is 7.34. The van der Waals surface area contributed by atoms with Gasteiger partial charge in [-0.1, -0.05) is 22.8 Å². The van der Waals surface area contributed by atoms with E-state index in [1.807, 2.05) is 42.5 Å². The van der Waals surface area contributed by atoms with Crippen LogP contribution in [0.5, 0.6) is 11.5 Å². The molecule has 0 aromatic heterocycles. The zero-order valence-corrected chi connectivity index (χ0v) is 9.01. The highest BCUT2D eigenvalue weighted by Gasteiger charge is 2.00. The highest BCUT2D eigenvalue weighted by atomic mass is 31.1. The van der Waals surface area contributed by atoms with Crippen LogP contribution in [0.15, 0.2) is 54.6 Å². The summed E-state index contributed by atoms with van der Waals surface area (Å²) in [5.41, 5.74) is 0. The average Bonchev–Trinajstić information content (AvgIpc) is 2.31. The molecule has 0 fully saturated rings. The molecule has 2 aromatic carbocycles. The molecule has 1 atom stereocenters. The molecular weight excluding hydrogens is 207 g/mol. The normalized spacial score (nSPS) is 10.1.